The molecule has 0 radical (unpaired) electrons. The molecular weight excluding hydrogens is 140 g/mol. The molecule has 0 aliphatic carbocycles. The number of hydrogen-bond acceptors (Lipinski definition) is 2. The Hall–Kier alpha value is -0.500. The molecule has 52 valence electrons. The molecular formula is C6H9ClO2. The Balaban J connectivity index is 3.55. The number of carbonyl (C=O) groups is 1. The van der Waals surface area contributed by atoms with Gasteiger partial charge in [0.1, 0.15) is 6.10 Å². The van der Waals surface area contributed by atoms with Gasteiger partial charge in [0.15, 0.2) is 0 Å². The van der Waals surface area contributed by atoms with Crippen LogP contribution in [0.2, 0.25) is 0 Å². The fourth-order valence-corrected chi connectivity index (χ4v) is 0.545. The number of alkyl halides is 1. The van der Waals surface area contributed by atoms with E-state index in [4.69, 9.17) is 11.6 Å². The molecule has 0 saturated carbocycles. The number of ether oxygens (including phenoxy) is 1. The third kappa shape index (κ3) is 4.03. The maximum absolute atomic E-state index is 10.2. The summed E-state index contributed by atoms with van der Waals surface area (Å²) in [5.41, 5.74) is 0. The minimum Gasteiger partial charge on any atom is -0.457 e. The molecule has 0 fully saturated rings. The molecule has 0 N–H and O–H groups in total. The van der Waals surface area contributed by atoms with E-state index in [-0.39, 0.29) is 18.0 Å². The Bertz CT molecular complexity index is 112. The molecule has 3 heteroatoms. The second-order valence-corrected chi connectivity index (χ2v) is 1.85. The minimum atomic E-state index is -0.343. The molecule has 0 aliphatic heterocycles. The standard InChI is InChI=1S/C6H9ClO2/c1-3-6(4-7)9-5(2)8/h3,6H,1,4H2,2H3. The normalized spacial score (nSPS) is 12.2. The van der Waals surface area contributed by atoms with E-state index in [1.54, 1.807) is 0 Å². The van der Waals surface area contributed by atoms with Crippen LogP contribution in [0.5, 0.6) is 0 Å². The fourth-order valence-electron chi connectivity index (χ4n) is 0.356. The van der Waals surface area contributed by atoms with E-state index in [1.165, 1.54) is 13.0 Å². The molecule has 0 saturated heterocycles. The van der Waals surface area contributed by atoms with E-state index >= 15 is 0 Å². The fraction of sp³-hybridized carbons (Fsp3) is 0.500. The average Bonchev–Trinajstić information content (AvgIpc) is 1.82. The number of rotatable bonds is 3. The van der Waals surface area contributed by atoms with Gasteiger partial charge >= 0.3 is 5.97 Å². The van der Waals surface area contributed by atoms with Crippen molar-refractivity contribution in [2.24, 2.45) is 0 Å². The first-order chi connectivity index (χ1) is 4.20. The summed E-state index contributed by atoms with van der Waals surface area (Å²) in [5.74, 6) is -0.0659. The van der Waals surface area contributed by atoms with Gasteiger partial charge in [0, 0.05) is 6.92 Å². The van der Waals surface area contributed by atoms with Crippen molar-refractivity contribution in [3.05, 3.63) is 12.7 Å². The Kier molecular flexibility index (Phi) is 4.14. The molecule has 0 rings (SSSR count). The van der Waals surface area contributed by atoms with Gasteiger partial charge in [0.05, 0.1) is 5.88 Å². The highest BCUT2D eigenvalue weighted by molar-refractivity contribution is 6.18. The summed E-state index contributed by atoms with van der Waals surface area (Å²) in [5, 5.41) is 0. The molecule has 1 atom stereocenters. The SMILES string of the molecule is C=CC(CCl)OC(C)=O. The lowest BCUT2D eigenvalue weighted by Crippen LogP contribution is -2.14. The molecule has 0 aliphatic rings. The third-order valence-electron chi connectivity index (χ3n) is 0.732. The van der Waals surface area contributed by atoms with Crippen LogP contribution in [0.1, 0.15) is 6.92 Å². The predicted molar refractivity (Wildman–Crippen MR) is 36.5 cm³/mol. The Morgan fingerprint density at radius 2 is 2.56 bits per heavy atom. The van der Waals surface area contributed by atoms with Crippen LogP contribution >= 0.6 is 11.6 Å². The number of halogens is 1. The van der Waals surface area contributed by atoms with Gasteiger partial charge in [-0.15, -0.1) is 11.6 Å². The van der Waals surface area contributed by atoms with Gasteiger partial charge in [-0.3, -0.25) is 4.79 Å². The number of esters is 1. The lowest BCUT2D eigenvalue weighted by Gasteiger charge is -2.06. The predicted octanol–water partition coefficient (Wildman–Crippen LogP) is 1.34. The summed E-state index contributed by atoms with van der Waals surface area (Å²) < 4.78 is 4.66. The van der Waals surface area contributed by atoms with E-state index in [9.17, 15) is 4.79 Å². The van der Waals surface area contributed by atoms with Crippen LogP contribution in [-0.4, -0.2) is 18.0 Å². The summed E-state index contributed by atoms with van der Waals surface area (Å²) in [6.07, 6.45) is 1.15. The summed E-state index contributed by atoms with van der Waals surface area (Å²) in [7, 11) is 0. The van der Waals surface area contributed by atoms with Crippen molar-refractivity contribution in [1.29, 1.82) is 0 Å². The summed E-state index contributed by atoms with van der Waals surface area (Å²) in [6, 6.07) is 0. The van der Waals surface area contributed by atoms with Crippen molar-refractivity contribution < 1.29 is 9.53 Å². The third-order valence-corrected chi connectivity index (χ3v) is 1.04. The number of carbonyl (C=O) groups excluding carboxylic acids is 1. The Labute approximate surface area is 59.5 Å². The van der Waals surface area contributed by atoms with Crippen LogP contribution in [0.15, 0.2) is 12.7 Å². The largest absolute Gasteiger partial charge is 0.457 e. The van der Waals surface area contributed by atoms with Crippen LogP contribution < -0.4 is 0 Å². The van der Waals surface area contributed by atoms with Gasteiger partial charge in [-0.05, 0) is 0 Å². The molecule has 0 aromatic rings. The quantitative estimate of drug-likeness (QED) is 0.343. The maximum atomic E-state index is 10.2. The van der Waals surface area contributed by atoms with E-state index in [2.05, 4.69) is 11.3 Å². The van der Waals surface area contributed by atoms with Gasteiger partial charge in [-0.2, -0.15) is 0 Å². The molecule has 9 heavy (non-hydrogen) atoms. The van der Waals surface area contributed by atoms with Crippen LogP contribution in [-0.2, 0) is 9.53 Å². The van der Waals surface area contributed by atoms with E-state index in [0.717, 1.165) is 0 Å². The highest BCUT2D eigenvalue weighted by Gasteiger charge is 2.03. The summed E-state index contributed by atoms with van der Waals surface area (Å²) in [6.45, 7) is 4.76. The second kappa shape index (κ2) is 4.39. The first-order valence-electron chi connectivity index (χ1n) is 2.56. The molecule has 0 heterocycles. The Morgan fingerprint density at radius 1 is 2.00 bits per heavy atom. The molecule has 0 spiro atoms. The highest BCUT2D eigenvalue weighted by atomic mass is 35.5. The zero-order valence-electron chi connectivity index (χ0n) is 5.26. The van der Waals surface area contributed by atoms with Crippen molar-refractivity contribution in [3.8, 4) is 0 Å². The minimum absolute atomic E-state index is 0.267. The lowest BCUT2D eigenvalue weighted by molar-refractivity contribution is -0.143. The maximum Gasteiger partial charge on any atom is 0.303 e. The van der Waals surface area contributed by atoms with Gasteiger partial charge in [0.25, 0.3) is 0 Å². The van der Waals surface area contributed by atoms with Crippen LogP contribution in [0, 0.1) is 0 Å². The van der Waals surface area contributed by atoms with Crippen LogP contribution in [0.3, 0.4) is 0 Å². The van der Waals surface area contributed by atoms with Gasteiger partial charge in [-0.25, -0.2) is 0 Å². The topological polar surface area (TPSA) is 26.3 Å². The highest BCUT2D eigenvalue weighted by Crippen LogP contribution is 1.95. The first kappa shape index (κ1) is 8.50. The van der Waals surface area contributed by atoms with Crippen molar-refractivity contribution in [2.75, 3.05) is 5.88 Å². The van der Waals surface area contributed by atoms with E-state index in [1.807, 2.05) is 0 Å². The van der Waals surface area contributed by atoms with Crippen LogP contribution in [0.25, 0.3) is 0 Å². The average molecular weight is 149 g/mol. The van der Waals surface area contributed by atoms with Crippen molar-refractivity contribution in [1.82, 2.24) is 0 Å². The number of hydrogen-bond donors (Lipinski definition) is 0. The Morgan fingerprint density at radius 3 is 2.67 bits per heavy atom. The van der Waals surface area contributed by atoms with E-state index in [0.29, 0.717) is 0 Å². The zero-order chi connectivity index (χ0) is 7.28. The summed E-state index contributed by atoms with van der Waals surface area (Å²) in [4.78, 5) is 10.2. The van der Waals surface area contributed by atoms with Gasteiger partial charge < -0.3 is 4.74 Å². The van der Waals surface area contributed by atoms with Gasteiger partial charge in [0.2, 0.25) is 0 Å². The molecule has 0 bridgehead atoms. The molecule has 0 aromatic heterocycles. The second-order valence-electron chi connectivity index (χ2n) is 1.54. The first-order valence-corrected chi connectivity index (χ1v) is 3.10. The van der Waals surface area contributed by atoms with Gasteiger partial charge in [-0.1, -0.05) is 12.7 Å². The van der Waals surface area contributed by atoms with Crippen LogP contribution in [0.4, 0.5) is 0 Å². The lowest BCUT2D eigenvalue weighted by atomic mass is 10.4. The van der Waals surface area contributed by atoms with Crippen molar-refractivity contribution in [3.63, 3.8) is 0 Å². The zero-order valence-corrected chi connectivity index (χ0v) is 6.02. The smallest absolute Gasteiger partial charge is 0.303 e. The summed E-state index contributed by atoms with van der Waals surface area (Å²) >= 11 is 5.36. The molecule has 2 nitrogen and oxygen atoms in total. The molecule has 0 amide bonds. The van der Waals surface area contributed by atoms with E-state index < -0.39 is 0 Å². The molecule has 1 unspecified atom stereocenters. The van der Waals surface area contributed by atoms with Crippen molar-refractivity contribution >= 4 is 17.6 Å². The van der Waals surface area contributed by atoms with Crippen molar-refractivity contribution in [2.45, 2.75) is 13.0 Å². The molecule has 0 aromatic carbocycles. The monoisotopic (exact) mass is 148 g/mol.